The smallest absolute Gasteiger partial charge is 0.254 e. The molecule has 0 saturated carbocycles. The van der Waals surface area contributed by atoms with Gasteiger partial charge in [-0.05, 0) is 31.2 Å². The lowest BCUT2D eigenvalue weighted by molar-refractivity contribution is 0.0177. The zero-order valence-corrected chi connectivity index (χ0v) is 14.5. The molecule has 2 aromatic heterocycles. The average Bonchev–Trinajstić information content (AvgIpc) is 2.61. The number of amides is 1. The van der Waals surface area contributed by atoms with E-state index in [0.29, 0.717) is 29.9 Å². The Bertz CT molecular complexity index is 1050. The molecule has 0 spiro atoms. The number of pyridine rings is 1. The molecule has 1 amide bonds. The van der Waals surface area contributed by atoms with E-state index in [1.807, 2.05) is 13.0 Å². The number of carbonyl (C=O) groups is 1. The van der Waals surface area contributed by atoms with Crippen LogP contribution in [0.3, 0.4) is 0 Å². The molecule has 132 valence electrons. The minimum Gasteiger partial charge on any atom is -0.486 e. The number of hydrogen-bond donors (Lipinski definition) is 0. The van der Waals surface area contributed by atoms with E-state index >= 15 is 0 Å². The second-order valence-electron chi connectivity index (χ2n) is 6.44. The quantitative estimate of drug-likeness (QED) is 0.716. The van der Waals surface area contributed by atoms with Crippen molar-refractivity contribution < 1.29 is 9.53 Å². The summed E-state index contributed by atoms with van der Waals surface area (Å²) in [6.07, 6.45) is 3.13. The molecule has 1 fully saturated rings. The van der Waals surface area contributed by atoms with Gasteiger partial charge in [0.05, 0.1) is 24.1 Å². The highest BCUT2D eigenvalue weighted by Crippen LogP contribution is 2.21. The lowest BCUT2D eigenvalue weighted by atomic mass is 10.1. The summed E-state index contributed by atoms with van der Waals surface area (Å²) in [7, 11) is 1.72. The fraction of sp³-hybridized carbons (Fsp3) is 0.263. The third-order valence-corrected chi connectivity index (χ3v) is 4.63. The van der Waals surface area contributed by atoms with Crippen molar-refractivity contribution in [3.05, 3.63) is 64.3 Å². The molecule has 26 heavy (non-hydrogen) atoms. The van der Waals surface area contributed by atoms with Gasteiger partial charge in [-0.1, -0.05) is 0 Å². The van der Waals surface area contributed by atoms with Gasteiger partial charge in [0.2, 0.25) is 0 Å². The van der Waals surface area contributed by atoms with Gasteiger partial charge in [-0.2, -0.15) is 0 Å². The average molecular weight is 350 g/mol. The number of aryl methyl sites for hydroxylation is 1. The van der Waals surface area contributed by atoms with E-state index in [4.69, 9.17) is 4.74 Å². The van der Waals surface area contributed by atoms with Crippen molar-refractivity contribution in [1.29, 1.82) is 0 Å². The molecule has 1 aliphatic heterocycles. The van der Waals surface area contributed by atoms with Crippen LogP contribution in [0.4, 0.5) is 0 Å². The first-order valence-electron chi connectivity index (χ1n) is 8.35. The third kappa shape index (κ3) is 2.92. The number of likely N-dealkylation sites (tertiary alicyclic amines) is 1. The maximum atomic E-state index is 12.6. The summed E-state index contributed by atoms with van der Waals surface area (Å²) in [5, 5.41) is 0. The van der Waals surface area contributed by atoms with Crippen molar-refractivity contribution in [3.63, 3.8) is 0 Å². The number of rotatable bonds is 3. The van der Waals surface area contributed by atoms with E-state index in [-0.39, 0.29) is 17.6 Å². The third-order valence-electron chi connectivity index (χ3n) is 4.63. The summed E-state index contributed by atoms with van der Waals surface area (Å²) in [6, 6.07) is 8.61. The van der Waals surface area contributed by atoms with Gasteiger partial charge in [-0.15, -0.1) is 0 Å². The number of ether oxygens (including phenoxy) is 1. The molecule has 0 atom stereocenters. The number of fused-ring (bicyclic) bond motifs is 1. The second-order valence-corrected chi connectivity index (χ2v) is 6.44. The maximum Gasteiger partial charge on any atom is 0.254 e. The Hall–Kier alpha value is -3.22. The van der Waals surface area contributed by atoms with Crippen LogP contribution in [-0.4, -0.2) is 44.5 Å². The normalized spacial score (nSPS) is 14.3. The first-order chi connectivity index (χ1) is 12.5. The van der Waals surface area contributed by atoms with Crippen molar-refractivity contribution in [1.82, 2.24) is 19.4 Å². The van der Waals surface area contributed by atoms with Crippen LogP contribution >= 0.6 is 0 Å². The molecule has 1 aliphatic rings. The Balaban J connectivity index is 1.42. The van der Waals surface area contributed by atoms with Gasteiger partial charge in [0.15, 0.2) is 0 Å². The highest BCUT2D eigenvalue weighted by atomic mass is 16.5. The standard InChI is InChI=1S/C19H18N4O3/c1-12-7-14(9-18(24)22(12)2)26-15-10-23(11-15)19(25)13-3-4-16-17(8-13)21-6-5-20-16/h3-9,15H,10-11H2,1-2H3. The monoisotopic (exact) mass is 350 g/mol. The zero-order chi connectivity index (χ0) is 18.3. The molecular weight excluding hydrogens is 332 g/mol. The summed E-state index contributed by atoms with van der Waals surface area (Å²) in [6.45, 7) is 2.84. The number of nitrogens with zero attached hydrogens (tertiary/aromatic N) is 4. The fourth-order valence-electron chi connectivity index (χ4n) is 2.95. The first-order valence-corrected chi connectivity index (χ1v) is 8.35. The molecule has 0 N–H and O–H groups in total. The minimum absolute atomic E-state index is 0.0578. The summed E-state index contributed by atoms with van der Waals surface area (Å²) in [5.74, 6) is 0.487. The fourth-order valence-corrected chi connectivity index (χ4v) is 2.95. The Morgan fingerprint density at radius 1 is 1.12 bits per heavy atom. The molecule has 0 aliphatic carbocycles. The summed E-state index contributed by atoms with van der Waals surface area (Å²) < 4.78 is 7.39. The molecule has 0 radical (unpaired) electrons. The van der Waals surface area contributed by atoms with E-state index in [1.54, 1.807) is 47.1 Å². The Labute approximate surface area is 149 Å². The largest absolute Gasteiger partial charge is 0.486 e. The van der Waals surface area contributed by atoms with Crippen molar-refractivity contribution in [3.8, 4) is 5.75 Å². The molecule has 1 saturated heterocycles. The van der Waals surface area contributed by atoms with Crippen LogP contribution in [0.15, 0.2) is 47.5 Å². The molecule has 0 bridgehead atoms. The first kappa shape index (κ1) is 16.3. The van der Waals surface area contributed by atoms with E-state index in [2.05, 4.69) is 9.97 Å². The second kappa shape index (κ2) is 6.25. The van der Waals surface area contributed by atoms with Gasteiger partial charge < -0.3 is 14.2 Å². The van der Waals surface area contributed by atoms with Crippen LogP contribution in [0.2, 0.25) is 0 Å². The summed E-state index contributed by atoms with van der Waals surface area (Å²) in [5.41, 5.74) is 2.76. The predicted octanol–water partition coefficient (Wildman–Crippen LogP) is 1.54. The van der Waals surface area contributed by atoms with Crippen molar-refractivity contribution in [2.45, 2.75) is 13.0 Å². The molecule has 7 nitrogen and oxygen atoms in total. The Morgan fingerprint density at radius 3 is 2.58 bits per heavy atom. The van der Waals surface area contributed by atoms with Crippen LogP contribution in [0.5, 0.6) is 5.75 Å². The van der Waals surface area contributed by atoms with Crippen molar-refractivity contribution in [2.24, 2.45) is 7.05 Å². The molecule has 3 heterocycles. The number of aromatic nitrogens is 3. The van der Waals surface area contributed by atoms with E-state index in [9.17, 15) is 9.59 Å². The van der Waals surface area contributed by atoms with Gasteiger partial charge in [0, 0.05) is 36.8 Å². The topological polar surface area (TPSA) is 77.3 Å². The minimum atomic E-state index is -0.107. The highest BCUT2D eigenvalue weighted by molar-refractivity contribution is 5.97. The molecule has 0 unspecified atom stereocenters. The lowest BCUT2D eigenvalue weighted by Crippen LogP contribution is -2.56. The molecule has 3 aromatic rings. The number of hydrogen-bond acceptors (Lipinski definition) is 5. The molecule has 4 rings (SSSR count). The lowest BCUT2D eigenvalue weighted by Gasteiger charge is -2.39. The number of benzene rings is 1. The van der Waals surface area contributed by atoms with Crippen LogP contribution in [0.1, 0.15) is 16.1 Å². The zero-order valence-electron chi connectivity index (χ0n) is 14.5. The highest BCUT2D eigenvalue weighted by Gasteiger charge is 2.33. The van der Waals surface area contributed by atoms with Gasteiger partial charge >= 0.3 is 0 Å². The van der Waals surface area contributed by atoms with E-state index in [1.165, 1.54) is 6.07 Å². The van der Waals surface area contributed by atoms with Gasteiger partial charge in [0.25, 0.3) is 11.5 Å². The van der Waals surface area contributed by atoms with Crippen LogP contribution < -0.4 is 10.3 Å². The van der Waals surface area contributed by atoms with Crippen molar-refractivity contribution >= 4 is 16.9 Å². The summed E-state index contributed by atoms with van der Waals surface area (Å²) in [4.78, 5) is 34.6. The van der Waals surface area contributed by atoms with Gasteiger partial charge in [0.1, 0.15) is 11.9 Å². The summed E-state index contributed by atoms with van der Waals surface area (Å²) >= 11 is 0. The van der Waals surface area contributed by atoms with Crippen LogP contribution in [-0.2, 0) is 7.05 Å². The van der Waals surface area contributed by atoms with Gasteiger partial charge in [-0.3, -0.25) is 19.6 Å². The Morgan fingerprint density at radius 2 is 1.85 bits per heavy atom. The van der Waals surface area contributed by atoms with Gasteiger partial charge in [-0.25, -0.2) is 0 Å². The maximum absolute atomic E-state index is 12.6. The SMILES string of the molecule is Cc1cc(OC2CN(C(=O)c3ccc4nccnc4c3)C2)cc(=O)n1C. The Kier molecular flexibility index (Phi) is 3.91. The predicted molar refractivity (Wildman–Crippen MR) is 96.3 cm³/mol. The molecule has 7 heteroatoms. The van der Waals surface area contributed by atoms with Crippen LogP contribution in [0, 0.1) is 6.92 Å². The van der Waals surface area contributed by atoms with Crippen molar-refractivity contribution in [2.75, 3.05) is 13.1 Å². The number of carbonyl (C=O) groups excluding carboxylic acids is 1. The van der Waals surface area contributed by atoms with E-state index < -0.39 is 0 Å². The molecule has 1 aromatic carbocycles. The van der Waals surface area contributed by atoms with Crippen LogP contribution in [0.25, 0.3) is 11.0 Å². The van der Waals surface area contributed by atoms with E-state index in [0.717, 1.165) is 11.2 Å². The molecular formula is C19H18N4O3.